The zero-order chi connectivity index (χ0) is 15.2. The van der Waals surface area contributed by atoms with Crippen LogP contribution in [0.4, 0.5) is 5.69 Å². The van der Waals surface area contributed by atoms with Gasteiger partial charge in [0, 0.05) is 41.8 Å². The number of amides is 1. The molecule has 0 bridgehead atoms. The van der Waals surface area contributed by atoms with Crippen LogP contribution in [-0.2, 0) is 11.3 Å². The number of nitrogens with two attached hydrogens (primary N) is 1. The highest BCUT2D eigenvalue weighted by Crippen LogP contribution is 2.30. The molecule has 4 nitrogen and oxygen atoms in total. The van der Waals surface area contributed by atoms with Crippen molar-refractivity contribution >= 4 is 23.2 Å². The van der Waals surface area contributed by atoms with Gasteiger partial charge in [0.25, 0.3) is 0 Å². The third-order valence-electron chi connectivity index (χ3n) is 4.06. The molecule has 0 saturated carbocycles. The smallest absolute Gasteiger partial charge is 0.220 e. The standard InChI is InChI=1S/C16H24ClN3O/c1-2-8-19-11-13-14(17)4-3-5-15(13)20-9-6-12(7-10-20)16(18)21/h3-5,12,19H,2,6-11H2,1H3,(H2,18,21). The summed E-state index contributed by atoms with van der Waals surface area (Å²) in [7, 11) is 0. The van der Waals surface area contributed by atoms with Crippen LogP contribution in [0.15, 0.2) is 18.2 Å². The van der Waals surface area contributed by atoms with E-state index in [1.165, 1.54) is 5.69 Å². The lowest BCUT2D eigenvalue weighted by atomic mass is 9.95. The van der Waals surface area contributed by atoms with E-state index in [0.29, 0.717) is 0 Å². The molecule has 1 aliphatic heterocycles. The van der Waals surface area contributed by atoms with Crippen LogP contribution in [0, 0.1) is 5.92 Å². The Morgan fingerprint density at radius 2 is 2.14 bits per heavy atom. The van der Waals surface area contributed by atoms with E-state index in [2.05, 4.69) is 23.2 Å². The Labute approximate surface area is 131 Å². The molecule has 0 aliphatic carbocycles. The van der Waals surface area contributed by atoms with Gasteiger partial charge in [0.1, 0.15) is 0 Å². The number of hydrogen-bond acceptors (Lipinski definition) is 3. The fourth-order valence-corrected chi connectivity index (χ4v) is 3.05. The summed E-state index contributed by atoms with van der Waals surface area (Å²) in [5.74, 6) is -0.160. The summed E-state index contributed by atoms with van der Waals surface area (Å²) in [6, 6.07) is 6.03. The van der Waals surface area contributed by atoms with E-state index >= 15 is 0 Å². The lowest BCUT2D eigenvalue weighted by Crippen LogP contribution is -2.39. The number of anilines is 1. The van der Waals surface area contributed by atoms with E-state index in [0.717, 1.165) is 56.0 Å². The Morgan fingerprint density at radius 3 is 2.76 bits per heavy atom. The van der Waals surface area contributed by atoms with Gasteiger partial charge in [-0.2, -0.15) is 0 Å². The lowest BCUT2D eigenvalue weighted by molar-refractivity contribution is -0.122. The Bertz CT molecular complexity index is 484. The quantitative estimate of drug-likeness (QED) is 0.794. The molecule has 1 fully saturated rings. The van der Waals surface area contributed by atoms with Crippen molar-refractivity contribution in [3.8, 4) is 0 Å². The third-order valence-corrected chi connectivity index (χ3v) is 4.41. The second-order valence-corrected chi connectivity index (χ2v) is 5.99. The Kier molecular flexibility index (Phi) is 5.88. The first kappa shape index (κ1) is 16.1. The molecule has 1 aromatic rings. The van der Waals surface area contributed by atoms with E-state index in [-0.39, 0.29) is 11.8 Å². The largest absolute Gasteiger partial charge is 0.371 e. The maximum Gasteiger partial charge on any atom is 0.220 e. The van der Waals surface area contributed by atoms with Gasteiger partial charge in [0.05, 0.1) is 0 Å². The summed E-state index contributed by atoms with van der Waals surface area (Å²) in [6.45, 7) is 5.62. The molecule has 21 heavy (non-hydrogen) atoms. The number of primary amides is 1. The summed E-state index contributed by atoms with van der Waals surface area (Å²) in [5.41, 5.74) is 7.72. The Hall–Kier alpha value is -1.26. The van der Waals surface area contributed by atoms with Gasteiger partial charge < -0.3 is 16.0 Å². The predicted octanol–water partition coefficient (Wildman–Crippen LogP) is 2.54. The van der Waals surface area contributed by atoms with Crippen LogP contribution in [-0.4, -0.2) is 25.5 Å². The molecule has 1 amide bonds. The molecule has 0 unspecified atom stereocenters. The van der Waals surface area contributed by atoms with Gasteiger partial charge >= 0.3 is 0 Å². The normalized spacial score (nSPS) is 16.2. The molecule has 3 N–H and O–H groups in total. The molecule has 5 heteroatoms. The summed E-state index contributed by atoms with van der Waals surface area (Å²) in [4.78, 5) is 13.6. The molecule has 116 valence electrons. The predicted molar refractivity (Wildman–Crippen MR) is 87.6 cm³/mol. The van der Waals surface area contributed by atoms with Crippen molar-refractivity contribution in [3.63, 3.8) is 0 Å². The Balaban J connectivity index is 2.09. The first-order valence-electron chi connectivity index (χ1n) is 7.65. The minimum absolute atomic E-state index is 0.0158. The third kappa shape index (κ3) is 4.11. The molecule has 0 aromatic heterocycles. The molecule has 1 heterocycles. The molecule has 1 aromatic carbocycles. The number of nitrogens with zero attached hydrogens (tertiary/aromatic N) is 1. The van der Waals surface area contributed by atoms with E-state index in [1.54, 1.807) is 0 Å². The van der Waals surface area contributed by atoms with Gasteiger partial charge in [-0.1, -0.05) is 24.6 Å². The number of hydrogen-bond donors (Lipinski definition) is 2. The van der Waals surface area contributed by atoms with Crippen LogP contribution in [0.1, 0.15) is 31.7 Å². The van der Waals surface area contributed by atoms with Crippen LogP contribution in [0.5, 0.6) is 0 Å². The fourth-order valence-electron chi connectivity index (χ4n) is 2.81. The highest BCUT2D eigenvalue weighted by Gasteiger charge is 2.24. The summed E-state index contributed by atoms with van der Waals surface area (Å²) >= 11 is 6.37. The highest BCUT2D eigenvalue weighted by molar-refractivity contribution is 6.31. The van der Waals surface area contributed by atoms with Crippen molar-refractivity contribution in [2.75, 3.05) is 24.5 Å². The van der Waals surface area contributed by atoms with E-state index in [9.17, 15) is 4.79 Å². The zero-order valence-corrected chi connectivity index (χ0v) is 13.3. The van der Waals surface area contributed by atoms with E-state index in [1.807, 2.05) is 12.1 Å². The topological polar surface area (TPSA) is 58.4 Å². The first-order chi connectivity index (χ1) is 10.1. The maximum atomic E-state index is 11.3. The SMILES string of the molecule is CCCNCc1c(Cl)cccc1N1CCC(C(N)=O)CC1. The molecule has 1 saturated heterocycles. The molecular formula is C16H24ClN3O. The number of nitrogens with one attached hydrogen (secondary N) is 1. The van der Waals surface area contributed by atoms with Crippen LogP contribution in [0.25, 0.3) is 0 Å². The maximum absolute atomic E-state index is 11.3. The minimum atomic E-state index is -0.175. The molecule has 1 aliphatic rings. The van der Waals surface area contributed by atoms with Crippen LogP contribution in [0.3, 0.4) is 0 Å². The van der Waals surface area contributed by atoms with Crippen molar-refractivity contribution in [1.29, 1.82) is 0 Å². The van der Waals surface area contributed by atoms with E-state index in [4.69, 9.17) is 17.3 Å². The number of benzene rings is 1. The average molecular weight is 310 g/mol. The van der Waals surface area contributed by atoms with Crippen molar-refractivity contribution in [1.82, 2.24) is 5.32 Å². The van der Waals surface area contributed by atoms with Crippen LogP contribution >= 0.6 is 11.6 Å². The van der Waals surface area contributed by atoms with Gasteiger partial charge in [-0.3, -0.25) is 4.79 Å². The van der Waals surface area contributed by atoms with Crippen molar-refractivity contribution < 1.29 is 4.79 Å². The first-order valence-corrected chi connectivity index (χ1v) is 8.03. The van der Waals surface area contributed by atoms with Crippen LogP contribution in [0.2, 0.25) is 5.02 Å². The van der Waals surface area contributed by atoms with Crippen molar-refractivity contribution in [2.24, 2.45) is 11.7 Å². The molecular weight excluding hydrogens is 286 g/mol. The highest BCUT2D eigenvalue weighted by atomic mass is 35.5. The number of rotatable bonds is 6. The molecule has 2 rings (SSSR count). The number of carbonyl (C=O) groups excluding carboxylic acids is 1. The van der Waals surface area contributed by atoms with Gasteiger partial charge in [-0.25, -0.2) is 0 Å². The second-order valence-electron chi connectivity index (χ2n) is 5.58. The van der Waals surface area contributed by atoms with Crippen molar-refractivity contribution in [3.05, 3.63) is 28.8 Å². The summed E-state index contributed by atoms with van der Waals surface area (Å²) in [6.07, 6.45) is 2.75. The minimum Gasteiger partial charge on any atom is -0.371 e. The van der Waals surface area contributed by atoms with E-state index < -0.39 is 0 Å². The van der Waals surface area contributed by atoms with Gasteiger partial charge in [-0.15, -0.1) is 0 Å². The lowest BCUT2D eigenvalue weighted by Gasteiger charge is -2.34. The van der Waals surface area contributed by atoms with Crippen LogP contribution < -0.4 is 16.0 Å². The molecule has 0 spiro atoms. The monoisotopic (exact) mass is 309 g/mol. The van der Waals surface area contributed by atoms with Crippen molar-refractivity contribution in [2.45, 2.75) is 32.7 Å². The van der Waals surface area contributed by atoms with Gasteiger partial charge in [0.2, 0.25) is 5.91 Å². The summed E-state index contributed by atoms with van der Waals surface area (Å²) < 4.78 is 0. The van der Waals surface area contributed by atoms with Gasteiger partial charge in [-0.05, 0) is 37.9 Å². The average Bonchev–Trinajstić information content (AvgIpc) is 2.49. The zero-order valence-electron chi connectivity index (χ0n) is 12.6. The number of piperidine rings is 1. The number of halogens is 1. The number of carbonyl (C=O) groups is 1. The van der Waals surface area contributed by atoms with Gasteiger partial charge in [0.15, 0.2) is 0 Å². The Morgan fingerprint density at radius 1 is 1.43 bits per heavy atom. The molecule has 0 radical (unpaired) electrons. The second kappa shape index (κ2) is 7.66. The summed E-state index contributed by atoms with van der Waals surface area (Å²) in [5, 5.41) is 4.21. The molecule has 0 atom stereocenters. The fraction of sp³-hybridized carbons (Fsp3) is 0.562.